The predicted molar refractivity (Wildman–Crippen MR) is 122 cm³/mol. The number of anilines is 2. The van der Waals surface area contributed by atoms with E-state index in [4.69, 9.17) is 4.42 Å². The first-order chi connectivity index (χ1) is 15.2. The number of amides is 1. The van der Waals surface area contributed by atoms with Crippen molar-refractivity contribution in [3.8, 4) is 0 Å². The molecule has 1 aliphatic rings. The summed E-state index contributed by atoms with van der Waals surface area (Å²) in [7, 11) is 0. The number of aromatic nitrogens is 2. The number of nitrogens with zero attached hydrogens (tertiary/aromatic N) is 3. The molecular formula is C24H24N4O3. The van der Waals surface area contributed by atoms with Gasteiger partial charge in [-0.05, 0) is 49.2 Å². The fraction of sp³-hybridized carbons (Fsp3) is 0.292. The van der Waals surface area contributed by atoms with Crippen LogP contribution in [0.25, 0.3) is 22.1 Å². The van der Waals surface area contributed by atoms with Gasteiger partial charge in [0.2, 0.25) is 11.5 Å². The van der Waals surface area contributed by atoms with Crippen molar-refractivity contribution < 1.29 is 9.21 Å². The predicted octanol–water partition coefficient (Wildman–Crippen LogP) is 4.16. The monoisotopic (exact) mass is 416 g/mol. The summed E-state index contributed by atoms with van der Waals surface area (Å²) in [5.41, 5.74) is 2.80. The number of benzene rings is 2. The van der Waals surface area contributed by atoms with E-state index in [1.54, 1.807) is 6.07 Å². The van der Waals surface area contributed by atoms with E-state index in [0.717, 1.165) is 18.5 Å². The molecule has 158 valence electrons. The summed E-state index contributed by atoms with van der Waals surface area (Å²) in [6.07, 6.45) is 6.42. The van der Waals surface area contributed by atoms with Crippen LogP contribution in [-0.2, 0) is 11.3 Å². The summed E-state index contributed by atoms with van der Waals surface area (Å²) in [5, 5.41) is 3.65. The lowest BCUT2D eigenvalue weighted by Crippen LogP contribution is -2.27. The second-order valence-corrected chi connectivity index (χ2v) is 7.95. The van der Waals surface area contributed by atoms with E-state index >= 15 is 0 Å². The number of para-hydroxylation sites is 1. The van der Waals surface area contributed by atoms with Crippen molar-refractivity contribution in [2.24, 2.45) is 0 Å². The number of nitrogens with one attached hydrogen (secondary N) is 1. The first kappa shape index (κ1) is 19.4. The quantitative estimate of drug-likeness (QED) is 0.540. The lowest BCUT2D eigenvalue weighted by atomic mass is 10.2. The molecule has 1 amide bonds. The molecule has 4 aromatic rings. The highest BCUT2D eigenvalue weighted by Crippen LogP contribution is 2.24. The minimum atomic E-state index is -0.368. The van der Waals surface area contributed by atoms with Crippen molar-refractivity contribution in [2.75, 3.05) is 23.3 Å². The molecule has 1 fully saturated rings. The Labute approximate surface area is 179 Å². The molecule has 7 nitrogen and oxygen atoms in total. The average Bonchev–Trinajstić information content (AvgIpc) is 2.95. The van der Waals surface area contributed by atoms with Crippen LogP contribution >= 0.6 is 0 Å². The first-order valence-corrected chi connectivity index (χ1v) is 10.7. The molecule has 0 unspecified atom stereocenters. The van der Waals surface area contributed by atoms with Gasteiger partial charge in [0.05, 0.1) is 6.33 Å². The highest BCUT2D eigenvalue weighted by molar-refractivity contribution is 6.01. The van der Waals surface area contributed by atoms with Gasteiger partial charge in [0.1, 0.15) is 17.6 Å². The molecule has 0 spiro atoms. The zero-order chi connectivity index (χ0) is 21.2. The van der Waals surface area contributed by atoms with E-state index in [1.165, 1.54) is 42.3 Å². The fourth-order valence-electron chi connectivity index (χ4n) is 4.17. The molecule has 0 saturated carbocycles. The van der Waals surface area contributed by atoms with Gasteiger partial charge in [-0.15, -0.1) is 0 Å². The average molecular weight is 416 g/mol. The second kappa shape index (κ2) is 8.26. The molecule has 5 rings (SSSR count). The zero-order valence-electron chi connectivity index (χ0n) is 17.2. The molecule has 7 heteroatoms. The molecule has 3 heterocycles. The third kappa shape index (κ3) is 3.91. The van der Waals surface area contributed by atoms with Gasteiger partial charge in [-0.1, -0.05) is 25.0 Å². The number of carbonyl (C=O) groups excluding carboxylic acids is 1. The molecule has 1 aliphatic heterocycles. The lowest BCUT2D eigenvalue weighted by molar-refractivity contribution is -0.116. The zero-order valence-corrected chi connectivity index (χ0v) is 17.2. The van der Waals surface area contributed by atoms with E-state index in [2.05, 4.69) is 15.2 Å². The number of hydrogen-bond acceptors (Lipinski definition) is 5. The van der Waals surface area contributed by atoms with Crippen LogP contribution in [-0.4, -0.2) is 28.5 Å². The summed E-state index contributed by atoms with van der Waals surface area (Å²) in [6, 6.07) is 15.3. The number of hydrogen-bond donors (Lipinski definition) is 1. The molecule has 2 aromatic carbocycles. The maximum atomic E-state index is 12.8. The standard InChI is InChI=1S/C24H24N4O3/c29-21(26-17-9-11-18(12-10-17)27-13-5-1-2-6-14-27)15-28-16-25-22-19-7-3-4-8-20(19)31-23(22)24(28)30/h3-4,7-12,16H,1-2,5-6,13-15H2,(H,26,29). The Morgan fingerprint density at radius 2 is 1.74 bits per heavy atom. The second-order valence-electron chi connectivity index (χ2n) is 7.95. The Bertz CT molecular complexity index is 1280. The molecule has 0 radical (unpaired) electrons. The molecule has 0 bridgehead atoms. The van der Waals surface area contributed by atoms with Crippen LogP contribution in [0.1, 0.15) is 25.7 Å². The highest BCUT2D eigenvalue weighted by atomic mass is 16.3. The van der Waals surface area contributed by atoms with Crippen molar-refractivity contribution >= 4 is 39.4 Å². The van der Waals surface area contributed by atoms with Gasteiger partial charge in [0.25, 0.3) is 5.56 Å². The molecule has 1 saturated heterocycles. The molecule has 2 aromatic heterocycles. The Balaban J connectivity index is 1.30. The minimum absolute atomic E-state index is 0.132. The Kier molecular flexibility index (Phi) is 5.16. The largest absolute Gasteiger partial charge is 0.448 e. The van der Waals surface area contributed by atoms with Gasteiger partial charge < -0.3 is 14.6 Å². The molecule has 0 atom stereocenters. The molecule has 0 aliphatic carbocycles. The van der Waals surface area contributed by atoms with Gasteiger partial charge in [0, 0.05) is 29.9 Å². The summed E-state index contributed by atoms with van der Waals surface area (Å²) in [5.74, 6) is -0.290. The maximum Gasteiger partial charge on any atom is 0.297 e. The van der Waals surface area contributed by atoms with Crippen LogP contribution in [0.2, 0.25) is 0 Å². The van der Waals surface area contributed by atoms with Crippen molar-refractivity contribution in [3.05, 3.63) is 65.2 Å². The highest BCUT2D eigenvalue weighted by Gasteiger charge is 2.15. The van der Waals surface area contributed by atoms with Gasteiger partial charge in [0.15, 0.2) is 0 Å². The first-order valence-electron chi connectivity index (χ1n) is 10.7. The van der Waals surface area contributed by atoms with Crippen LogP contribution in [0, 0.1) is 0 Å². The maximum absolute atomic E-state index is 12.8. The smallest absolute Gasteiger partial charge is 0.297 e. The van der Waals surface area contributed by atoms with Crippen LogP contribution in [0.15, 0.2) is 64.1 Å². The van der Waals surface area contributed by atoms with Crippen molar-refractivity contribution in [1.82, 2.24) is 9.55 Å². The van der Waals surface area contributed by atoms with Crippen LogP contribution in [0.3, 0.4) is 0 Å². The summed E-state index contributed by atoms with van der Waals surface area (Å²) in [6.45, 7) is 2.02. The number of furan rings is 1. The van der Waals surface area contributed by atoms with Gasteiger partial charge in [-0.2, -0.15) is 0 Å². The van der Waals surface area contributed by atoms with E-state index in [9.17, 15) is 9.59 Å². The SMILES string of the molecule is O=C(Cn1cnc2c(oc3ccccc32)c1=O)Nc1ccc(N2CCCCCC2)cc1. The van der Waals surface area contributed by atoms with Gasteiger partial charge in [-0.3, -0.25) is 14.2 Å². The molecular weight excluding hydrogens is 392 g/mol. The van der Waals surface area contributed by atoms with E-state index in [0.29, 0.717) is 16.8 Å². The summed E-state index contributed by atoms with van der Waals surface area (Å²) >= 11 is 0. The van der Waals surface area contributed by atoms with E-state index in [1.807, 2.05) is 42.5 Å². The molecule has 31 heavy (non-hydrogen) atoms. The Morgan fingerprint density at radius 3 is 2.52 bits per heavy atom. The van der Waals surface area contributed by atoms with Crippen LogP contribution < -0.4 is 15.8 Å². The minimum Gasteiger partial charge on any atom is -0.448 e. The van der Waals surface area contributed by atoms with Gasteiger partial charge in [-0.25, -0.2) is 4.98 Å². The Hall–Kier alpha value is -3.61. The summed E-state index contributed by atoms with van der Waals surface area (Å²) < 4.78 is 6.94. The summed E-state index contributed by atoms with van der Waals surface area (Å²) in [4.78, 5) is 32.1. The normalized spacial score (nSPS) is 14.6. The van der Waals surface area contributed by atoms with Crippen molar-refractivity contribution in [1.29, 1.82) is 0 Å². The topological polar surface area (TPSA) is 80.4 Å². The van der Waals surface area contributed by atoms with Crippen LogP contribution in [0.5, 0.6) is 0 Å². The van der Waals surface area contributed by atoms with E-state index < -0.39 is 0 Å². The third-order valence-electron chi connectivity index (χ3n) is 5.79. The van der Waals surface area contributed by atoms with Gasteiger partial charge >= 0.3 is 0 Å². The Morgan fingerprint density at radius 1 is 1.00 bits per heavy atom. The fourth-order valence-corrected chi connectivity index (χ4v) is 4.17. The number of rotatable bonds is 4. The number of fused-ring (bicyclic) bond motifs is 3. The molecule has 1 N–H and O–H groups in total. The lowest BCUT2D eigenvalue weighted by Gasteiger charge is -2.22. The number of carbonyl (C=O) groups is 1. The van der Waals surface area contributed by atoms with E-state index in [-0.39, 0.29) is 23.6 Å². The van der Waals surface area contributed by atoms with Crippen molar-refractivity contribution in [3.63, 3.8) is 0 Å². The third-order valence-corrected chi connectivity index (χ3v) is 5.79. The van der Waals surface area contributed by atoms with Crippen LogP contribution in [0.4, 0.5) is 11.4 Å². The van der Waals surface area contributed by atoms with Crippen molar-refractivity contribution in [2.45, 2.75) is 32.2 Å².